The number of nitrogens with one attached hydrogen (secondary N) is 2. The minimum Gasteiger partial charge on any atom is -0.332 e. The molecule has 0 bridgehead atoms. The van der Waals surface area contributed by atoms with Crippen molar-refractivity contribution in [1.29, 1.82) is 0 Å². The quantitative estimate of drug-likeness (QED) is 0.896. The summed E-state index contributed by atoms with van der Waals surface area (Å²) in [6, 6.07) is 4.35. The molecule has 8 heteroatoms. The average molecular weight is 342 g/mol. The van der Waals surface area contributed by atoms with Crippen LogP contribution in [0.2, 0.25) is 10.0 Å². The van der Waals surface area contributed by atoms with Gasteiger partial charge in [0, 0.05) is 17.1 Å². The number of aryl methyl sites for hydroxylation is 1. The van der Waals surface area contributed by atoms with Gasteiger partial charge in [0.25, 0.3) is 0 Å². The minimum atomic E-state index is -0.311. The summed E-state index contributed by atoms with van der Waals surface area (Å²) in [7, 11) is 1.82. The van der Waals surface area contributed by atoms with Crippen LogP contribution in [0.15, 0.2) is 24.5 Å². The standard InChI is InChI=1S/C14H17Cl2N5O/c1-8(11-5-4-10(15)6-12(11)16)18-14(22)19-9(2)13-20-17-7-21(13)3/h4-9H,1-3H3,(H2,18,19,22)/t8-,9-/m0/s1. The molecular weight excluding hydrogens is 325 g/mol. The highest BCUT2D eigenvalue weighted by Crippen LogP contribution is 2.26. The summed E-state index contributed by atoms with van der Waals surface area (Å²) in [6.07, 6.45) is 1.58. The number of hydrogen-bond donors (Lipinski definition) is 2. The van der Waals surface area contributed by atoms with E-state index in [4.69, 9.17) is 23.2 Å². The fraction of sp³-hybridized carbons (Fsp3) is 0.357. The number of urea groups is 1. The van der Waals surface area contributed by atoms with Crippen LogP contribution in [0, 0.1) is 0 Å². The fourth-order valence-corrected chi connectivity index (χ4v) is 2.69. The van der Waals surface area contributed by atoms with Gasteiger partial charge in [0.1, 0.15) is 6.33 Å². The van der Waals surface area contributed by atoms with Crippen molar-refractivity contribution < 1.29 is 4.79 Å². The Bertz CT molecular complexity index is 673. The summed E-state index contributed by atoms with van der Waals surface area (Å²) >= 11 is 12.0. The van der Waals surface area contributed by atoms with E-state index in [-0.39, 0.29) is 18.1 Å². The van der Waals surface area contributed by atoms with Crippen molar-refractivity contribution in [2.45, 2.75) is 25.9 Å². The number of hydrogen-bond acceptors (Lipinski definition) is 3. The van der Waals surface area contributed by atoms with Gasteiger partial charge >= 0.3 is 6.03 Å². The van der Waals surface area contributed by atoms with Crippen LogP contribution < -0.4 is 10.6 Å². The Morgan fingerprint density at radius 1 is 1.23 bits per heavy atom. The van der Waals surface area contributed by atoms with Gasteiger partial charge in [-0.1, -0.05) is 29.3 Å². The molecule has 2 rings (SSSR count). The van der Waals surface area contributed by atoms with Crippen molar-refractivity contribution >= 4 is 29.2 Å². The van der Waals surface area contributed by atoms with E-state index >= 15 is 0 Å². The van der Waals surface area contributed by atoms with Gasteiger partial charge in [-0.3, -0.25) is 0 Å². The van der Waals surface area contributed by atoms with Gasteiger partial charge in [-0.25, -0.2) is 4.79 Å². The Balaban J connectivity index is 1.98. The van der Waals surface area contributed by atoms with E-state index in [1.807, 2.05) is 20.9 Å². The van der Waals surface area contributed by atoms with E-state index in [0.717, 1.165) is 5.56 Å². The molecule has 0 aliphatic carbocycles. The van der Waals surface area contributed by atoms with E-state index in [2.05, 4.69) is 20.8 Å². The number of carbonyl (C=O) groups is 1. The van der Waals surface area contributed by atoms with E-state index in [1.54, 1.807) is 29.1 Å². The fourth-order valence-electron chi connectivity index (χ4n) is 2.11. The summed E-state index contributed by atoms with van der Waals surface area (Å²) in [4.78, 5) is 12.1. The Morgan fingerprint density at radius 2 is 1.91 bits per heavy atom. The van der Waals surface area contributed by atoms with Crippen LogP contribution in [0.3, 0.4) is 0 Å². The van der Waals surface area contributed by atoms with Crippen molar-refractivity contribution in [3.05, 3.63) is 46.0 Å². The van der Waals surface area contributed by atoms with Gasteiger partial charge < -0.3 is 15.2 Å². The average Bonchev–Trinajstić information content (AvgIpc) is 2.84. The van der Waals surface area contributed by atoms with Gasteiger partial charge in [-0.15, -0.1) is 10.2 Å². The van der Waals surface area contributed by atoms with Crippen molar-refractivity contribution in [2.75, 3.05) is 0 Å². The largest absolute Gasteiger partial charge is 0.332 e. The second-order valence-electron chi connectivity index (χ2n) is 5.03. The van der Waals surface area contributed by atoms with Crippen LogP contribution >= 0.6 is 23.2 Å². The van der Waals surface area contributed by atoms with Crippen molar-refractivity contribution in [1.82, 2.24) is 25.4 Å². The number of aromatic nitrogens is 3. The molecular formula is C14H17Cl2N5O. The lowest BCUT2D eigenvalue weighted by Gasteiger charge is -2.19. The smallest absolute Gasteiger partial charge is 0.315 e. The molecule has 0 aliphatic heterocycles. The molecule has 1 heterocycles. The molecule has 0 saturated heterocycles. The molecule has 2 N–H and O–H groups in total. The molecule has 0 saturated carbocycles. The predicted octanol–water partition coefficient (Wildman–Crippen LogP) is 3.24. The van der Waals surface area contributed by atoms with E-state index in [1.165, 1.54) is 0 Å². The van der Waals surface area contributed by atoms with Gasteiger partial charge in [-0.05, 0) is 31.5 Å². The molecule has 2 amide bonds. The number of carbonyl (C=O) groups excluding carboxylic acids is 1. The van der Waals surface area contributed by atoms with Gasteiger partial charge in [0.05, 0.1) is 12.1 Å². The van der Waals surface area contributed by atoms with Crippen LogP contribution in [0.5, 0.6) is 0 Å². The normalized spacial score (nSPS) is 13.5. The number of halogens is 2. The maximum atomic E-state index is 12.1. The molecule has 0 unspecified atom stereocenters. The third-order valence-corrected chi connectivity index (χ3v) is 3.82. The molecule has 118 valence electrons. The second-order valence-corrected chi connectivity index (χ2v) is 5.87. The molecule has 0 spiro atoms. The first kappa shape index (κ1) is 16.6. The Hall–Kier alpha value is -1.79. The topological polar surface area (TPSA) is 71.8 Å². The molecule has 2 atom stereocenters. The van der Waals surface area contributed by atoms with E-state index in [0.29, 0.717) is 15.9 Å². The lowest BCUT2D eigenvalue weighted by molar-refractivity contribution is 0.234. The first-order valence-electron chi connectivity index (χ1n) is 6.74. The zero-order valence-electron chi connectivity index (χ0n) is 12.5. The highest BCUT2D eigenvalue weighted by Gasteiger charge is 2.17. The Labute approximate surface area is 138 Å². The monoisotopic (exact) mass is 341 g/mol. The number of nitrogens with zero attached hydrogens (tertiary/aromatic N) is 3. The van der Waals surface area contributed by atoms with Crippen molar-refractivity contribution in [3.63, 3.8) is 0 Å². The third kappa shape index (κ3) is 3.90. The van der Waals surface area contributed by atoms with E-state index < -0.39 is 0 Å². The zero-order valence-corrected chi connectivity index (χ0v) is 14.0. The summed E-state index contributed by atoms with van der Waals surface area (Å²) < 4.78 is 1.75. The molecule has 0 fully saturated rings. The highest BCUT2D eigenvalue weighted by atomic mass is 35.5. The molecule has 1 aromatic carbocycles. The van der Waals surface area contributed by atoms with Crippen LogP contribution in [-0.4, -0.2) is 20.8 Å². The van der Waals surface area contributed by atoms with Crippen molar-refractivity contribution in [2.24, 2.45) is 7.05 Å². The van der Waals surface area contributed by atoms with Crippen molar-refractivity contribution in [3.8, 4) is 0 Å². The van der Waals surface area contributed by atoms with Gasteiger partial charge in [0.2, 0.25) is 0 Å². The van der Waals surface area contributed by atoms with Gasteiger partial charge in [-0.2, -0.15) is 0 Å². The lowest BCUT2D eigenvalue weighted by atomic mass is 10.1. The van der Waals surface area contributed by atoms with Crippen LogP contribution in [0.4, 0.5) is 4.79 Å². The summed E-state index contributed by atoms with van der Waals surface area (Å²) in [5.74, 6) is 0.673. The highest BCUT2D eigenvalue weighted by molar-refractivity contribution is 6.35. The minimum absolute atomic E-state index is 0.253. The Morgan fingerprint density at radius 3 is 2.50 bits per heavy atom. The molecule has 1 aromatic heterocycles. The van der Waals surface area contributed by atoms with Gasteiger partial charge in [0.15, 0.2) is 5.82 Å². The first-order chi connectivity index (χ1) is 10.4. The predicted molar refractivity (Wildman–Crippen MR) is 86.0 cm³/mol. The van der Waals surface area contributed by atoms with Crippen LogP contribution in [0.25, 0.3) is 0 Å². The summed E-state index contributed by atoms with van der Waals surface area (Å²) in [6.45, 7) is 3.69. The Kier molecular flexibility index (Phi) is 5.26. The molecule has 0 aliphatic rings. The molecule has 0 radical (unpaired) electrons. The number of benzene rings is 1. The second kappa shape index (κ2) is 6.98. The maximum absolute atomic E-state index is 12.1. The summed E-state index contributed by atoms with van der Waals surface area (Å²) in [5.41, 5.74) is 0.799. The number of amides is 2. The SMILES string of the molecule is C[C@H](NC(=O)N[C@@H](C)c1nncn1C)c1ccc(Cl)cc1Cl. The summed E-state index contributed by atoms with van der Waals surface area (Å²) in [5, 5.41) is 14.5. The molecule has 2 aromatic rings. The molecule has 6 nitrogen and oxygen atoms in total. The van der Waals surface area contributed by atoms with E-state index in [9.17, 15) is 4.79 Å². The maximum Gasteiger partial charge on any atom is 0.315 e. The molecule has 22 heavy (non-hydrogen) atoms. The van der Waals surface area contributed by atoms with Crippen LogP contribution in [0.1, 0.15) is 37.3 Å². The zero-order chi connectivity index (χ0) is 16.3. The first-order valence-corrected chi connectivity index (χ1v) is 7.50. The third-order valence-electron chi connectivity index (χ3n) is 3.26. The number of rotatable bonds is 4. The van der Waals surface area contributed by atoms with Crippen LogP contribution in [-0.2, 0) is 7.05 Å². The lowest BCUT2D eigenvalue weighted by Crippen LogP contribution is -2.39.